The van der Waals surface area contributed by atoms with E-state index in [2.05, 4.69) is 68.4 Å². The number of carbonyl (C=O) groups excluding carboxylic acids is 1. The van der Waals surface area contributed by atoms with Crippen molar-refractivity contribution >= 4 is 12.0 Å². The molecule has 33 heavy (non-hydrogen) atoms. The Kier molecular flexibility index (Phi) is 9.50. The van der Waals surface area contributed by atoms with E-state index >= 15 is 0 Å². The summed E-state index contributed by atoms with van der Waals surface area (Å²) in [6, 6.07) is 24.2. The van der Waals surface area contributed by atoms with Gasteiger partial charge >= 0.3 is 5.97 Å². The molecule has 0 bridgehead atoms. The van der Waals surface area contributed by atoms with Gasteiger partial charge in [0.2, 0.25) is 0 Å². The van der Waals surface area contributed by atoms with Crippen molar-refractivity contribution in [1.82, 2.24) is 0 Å². The first-order chi connectivity index (χ1) is 16.1. The Bertz CT molecular complexity index is 1040. The second kappa shape index (κ2) is 12.8. The summed E-state index contributed by atoms with van der Waals surface area (Å²) in [4.78, 5) is 11.7. The maximum absolute atomic E-state index is 11.7. The summed E-state index contributed by atoms with van der Waals surface area (Å²) in [6.45, 7) is 6.90. The first-order valence-corrected chi connectivity index (χ1v) is 12.3. The first-order valence-electron chi connectivity index (χ1n) is 12.3. The van der Waals surface area contributed by atoms with Gasteiger partial charge < -0.3 is 4.74 Å². The van der Waals surface area contributed by atoms with E-state index in [1.807, 2.05) is 19.1 Å². The van der Waals surface area contributed by atoms with Crippen molar-refractivity contribution in [3.8, 4) is 22.3 Å². The van der Waals surface area contributed by atoms with Gasteiger partial charge in [-0.1, -0.05) is 100 Å². The number of rotatable bonds is 11. The largest absolute Gasteiger partial charge is 0.463 e. The molecule has 0 aliphatic carbocycles. The van der Waals surface area contributed by atoms with E-state index in [0.29, 0.717) is 6.61 Å². The van der Waals surface area contributed by atoms with E-state index < -0.39 is 0 Å². The highest BCUT2D eigenvalue weighted by molar-refractivity contribution is 5.87. The molecule has 0 N–H and O–H groups in total. The van der Waals surface area contributed by atoms with Gasteiger partial charge in [-0.15, -0.1) is 0 Å². The van der Waals surface area contributed by atoms with Crippen LogP contribution >= 0.6 is 0 Å². The van der Waals surface area contributed by atoms with Crippen molar-refractivity contribution in [2.75, 3.05) is 6.61 Å². The van der Waals surface area contributed by atoms with Crippen molar-refractivity contribution in [2.45, 2.75) is 59.3 Å². The van der Waals surface area contributed by atoms with Crippen molar-refractivity contribution in [2.24, 2.45) is 0 Å². The van der Waals surface area contributed by atoms with E-state index in [1.54, 1.807) is 6.08 Å². The van der Waals surface area contributed by atoms with E-state index in [9.17, 15) is 4.79 Å². The van der Waals surface area contributed by atoms with Gasteiger partial charge in [-0.3, -0.25) is 0 Å². The number of ether oxygens (including phenoxy) is 1. The molecule has 0 saturated carbocycles. The van der Waals surface area contributed by atoms with E-state index in [0.717, 1.165) is 18.4 Å². The Morgan fingerprint density at radius 2 is 1.48 bits per heavy atom. The zero-order chi connectivity index (χ0) is 23.5. The van der Waals surface area contributed by atoms with Crippen LogP contribution in [0.25, 0.3) is 28.3 Å². The molecule has 0 saturated heterocycles. The molecule has 0 aromatic heterocycles. The third kappa shape index (κ3) is 7.18. The van der Waals surface area contributed by atoms with Gasteiger partial charge in [0.15, 0.2) is 0 Å². The standard InChI is InChI=1S/C31H36O2/c1-4-7-8-9-24-10-15-27(16-11-24)29-19-20-30(26(6-3)23-29)28-17-12-25(13-18-28)14-21-31(32)33-22-5-2/h10-21,23H,4-9,22H2,1-3H3/b21-14+. The number of unbranched alkanes of at least 4 members (excludes halogenated alkanes) is 2. The minimum absolute atomic E-state index is 0.293. The van der Waals surface area contributed by atoms with Crippen LogP contribution in [0.5, 0.6) is 0 Å². The van der Waals surface area contributed by atoms with Crippen molar-refractivity contribution in [3.63, 3.8) is 0 Å². The summed E-state index contributed by atoms with van der Waals surface area (Å²) in [5.74, 6) is -0.293. The van der Waals surface area contributed by atoms with Crippen LogP contribution in [-0.4, -0.2) is 12.6 Å². The molecule has 0 unspecified atom stereocenters. The summed E-state index contributed by atoms with van der Waals surface area (Å²) in [5, 5.41) is 0. The lowest BCUT2D eigenvalue weighted by molar-refractivity contribution is -0.137. The fraction of sp³-hybridized carbons (Fsp3) is 0.323. The third-order valence-corrected chi connectivity index (χ3v) is 5.92. The SMILES string of the molecule is CCCCCc1ccc(-c2ccc(-c3ccc(/C=C/C(=O)OCCC)cc3)c(CC)c2)cc1. The van der Waals surface area contributed by atoms with Crippen LogP contribution in [0.15, 0.2) is 72.8 Å². The van der Waals surface area contributed by atoms with Crippen LogP contribution in [-0.2, 0) is 22.4 Å². The fourth-order valence-electron chi connectivity index (χ4n) is 3.98. The Morgan fingerprint density at radius 3 is 2.15 bits per heavy atom. The van der Waals surface area contributed by atoms with Crippen LogP contribution in [0.2, 0.25) is 0 Å². The lowest BCUT2D eigenvalue weighted by atomic mass is 9.93. The van der Waals surface area contributed by atoms with Gasteiger partial charge in [0.25, 0.3) is 0 Å². The second-order valence-corrected chi connectivity index (χ2v) is 8.50. The van der Waals surface area contributed by atoms with Gasteiger partial charge in [-0.25, -0.2) is 4.79 Å². The topological polar surface area (TPSA) is 26.3 Å². The zero-order valence-electron chi connectivity index (χ0n) is 20.3. The molecule has 0 heterocycles. The monoisotopic (exact) mass is 440 g/mol. The summed E-state index contributed by atoms with van der Waals surface area (Å²) >= 11 is 0. The first kappa shape index (κ1) is 24.5. The van der Waals surface area contributed by atoms with Crippen LogP contribution in [0.4, 0.5) is 0 Å². The molecule has 2 nitrogen and oxygen atoms in total. The molecule has 0 atom stereocenters. The molecule has 3 aromatic carbocycles. The smallest absolute Gasteiger partial charge is 0.330 e. The highest BCUT2D eigenvalue weighted by atomic mass is 16.5. The zero-order valence-corrected chi connectivity index (χ0v) is 20.3. The molecule has 0 aliphatic rings. The number of hydrogen-bond acceptors (Lipinski definition) is 2. The van der Waals surface area contributed by atoms with E-state index in [1.165, 1.54) is 65.1 Å². The second-order valence-electron chi connectivity index (χ2n) is 8.50. The van der Waals surface area contributed by atoms with Crippen LogP contribution in [0.3, 0.4) is 0 Å². The summed E-state index contributed by atoms with van der Waals surface area (Å²) in [5.41, 5.74) is 8.73. The average molecular weight is 441 g/mol. The molecule has 0 aliphatic heterocycles. The Hall–Kier alpha value is -3.13. The maximum atomic E-state index is 11.7. The quantitative estimate of drug-likeness (QED) is 0.170. The lowest BCUT2D eigenvalue weighted by Gasteiger charge is -2.12. The minimum Gasteiger partial charge on any atom is -0.463 e. The molecule has 2 heteroatoms. The predicted molar refractivity (Wildman–Crippen MR) is 140 cm³/mol. The summed E-state index contributed by atoms with van der Waals surface area (Å²) in [6.07, 6.45) is 10.1. The highest BCUT2D eigenvalue weighted by Gasteiger charge is 2.07. The van der Waals surface area contributed by atoms with Gasteiger partial charge in [0.1, 0.15) is 0 Å². The molecule has 0 spiro atoms. The van der Waals surface area contributed by atoms with Gasteiger partial charge in [0, 0.05) is 6.08 Å². The van der Waals surface area contributed by atoms with Crippen molar-refractivity contribution in [3.05, 3.63) is 89.5 Å². The molecular weight excluding hydrogens is 404 g/mol. The fourth-order valence-corrected chi connectivity index (χ4v) is 3.98. The van der Waals surface area contributed by atoms with Gasteiger partial charge in [0.05, 0.1) is 6.61 Å². The highest BCUT2D eigenvalue weighted by Crippen LogP contribution is 2.30. The number of aryl methyl sites for hydroxylation is 2. The van der Waals surface area contributed by atoms with E-state index in [4.69, 9.17) is 4.74 Å². The van der Waals surface area contributed by atoms with Crippen LogP contribution < -0.4 is 0 Å². The Morgan fingerprint density at radius 1 is 0.788 bits per heavy atom. The van der Waals surface area contributed by atoms with Crippen LogP contribution in [0.1, 0.15) is 63.1 Å². The normalized spacial score (nSPS) is 11.1. The van der Waals surface area contributed by atoms with Crippen molar-refractivity contribution in [1.29, 1.82) is 0 Å². The molecule has 3 rings (SSSR count). The van der Waals surface area contributed by atoms with Crippen molar-refractivity contribution < 1.29 is 9.53 Å². The molecule has 3 aromatic rings. The van der Waals surface area contributed by atoms with Gasteiger partial charge in [-0.2, -0.15) is 0 Å². The molecule has 172 valence electrons. The Labute approximate surface area is 199 Å². The molecule has 0 fully saturated rings. The Balaban J connectivity index is 1.73. The average Bonchev–Trinajstić information content (AvgIpc) is 2.86. The molecular formula is C31H36O2. The third-order valence-electron chi connectivity index (χ3n) is 5.92. The number of hydrogen-bond donors (Lipinski definition) is 0. The van der Waals surface area contributed by atoms with Gasteiger partial charge in [-0.05, 0) is 70.7 Å². The minimum atomic E-state index is -0.293. The lowest BCUT2D eigenvalue weighted by Crippen LogP contribution is -2.00. The molecule has 0 radical (unpaired) electrons. The molecule has 0 amide bonds. The number of carbonyl (C=O) groups is 1. The summed E-state index contributed by atoms with van der Waals surface area (Å²) < 4.78 is 5.09. The maximum Gasteiger partial charge on any atom is 0.330 e. The van der Waals surface area contributed by atoms with Crippen LogP contribution in [0, 0.1) is 0 Å². The predicted octanol–water partition coefficient (Wildman–Crippen LogP) is 8.28. The summed E-state index contributed by atoms with van der Waals surface area (Å²) in [7, 11) is 0. The number of esters is 1. The van der Waals surface area contributed by atoms with E-state index in [-0.39, 0.29) is 5.97 Å². The number of benzene rings is 3.